The predicted molar refractivity (Wildman–Crippen MR) is 72.0 cm³/mol. The van der Waals surface area contributed by atoms with Crippen LogP contribution in [0.5, 0.6) is 5.75 Å². The van der Waals surface area contributed by atoms with Crippen molar-refractivity contribution in [1.82, 2.24) is 5.32 Å². The summed E-state index contributed by atoms with van der Waals surface area (Å²) in [6.45, 7) is 0.189. The highest BCUT2D eigenvalue weighted by Gasteiger charge is 2.45. The molecule has 0 saturated heterocycles. The predicted octanol–water partition coefficient (Wildman–Crippen LogP) is 1.92. The maximum Gasteiger partial charge on any atom is 0.405 e. The molecule has 1 aromatic rings. The highest BCUT2D eigenvalue weighted by Crippen LogP contribution is 2.37. The maximum absolute atomic E-state index is 14.0. The summed E-state index contributed by atoms with van der Waals surface area (Å²) in [7, 11) is 0. The first kappa shape index (κ1) is 13.9. The molecule has 1 saturated carbocycles. The van der Waals surface area contributed by atoms with Crippen molar-refractivity contribution < 1.29 is 23.8 Å². The van der Waals surface area contributed by atoms with Crippen LogP contribution in [0.4, 0.5) is 9.18 Å². The Morgan fingerprint density at radius 1 is 1.48 bits per heavy atom. The molecule has 0 aromatic heterocycles. The smallest absolute Gasteiger partial charge is 0.405 e. The first-order valence-electron chi connectivity index (χ1n) is 6.92. The lowest BCUT2D eigenvalue weighted by atomic mass is 10.1. The van der Waals surface area contributed by atoms with Gasteiger partial charge in [-0.1, -0.05) is 0 Å². The quantitative estimate of drug-likeness (QED) is 0.813. The molecule has 0 spiro atoms. The monoisotopic (exact) mass is 293 g/mol. The molecule has 5 nitrogen and oxygen atoms in total. The van der Waals surface area contributed by atoms with Crippen LogP contribution in [-0.4, -0.2) is 29.6 Å². The lowest BCUT2D eigenvalue weighted by Crippen LogP contribution is -2.40. The van der Waals surface area contributed by atoms with Gasteiger partial charge in [0.2, 0.25) is 0 Å². The average molecular weight is 293 g/mol. The van der Waals surface area contributed by atoms with Gasteiger partial charge < -0.3 is 20.0 Å². The first-order chi connectivity index (χ1) is 10.0. The van der Waals surface area contributed by atoms with Crippen LogP contribution < -0.4 is 10.1 Å². The fourth-order valence-electron chi connectivity index (χ4n) is 2.78. The topological polar surface area (TPSA) is 75.6 Å². The number of carboxylic acid groups (broad SMARTS) is 1. The third kappa shape index (κ3) is 2.84. The van der Waals surface area contributed by atoms with E-state index in [9.17, 15) is 14.0 Å². The van der Waals surface area contributed by atoms with Crippen molar-refractivity contribution in [2.24, 2.45) is 5.92 Å². The van der Waals surface area contributed by atoms with Crippen molar-refractivity contribution in [3.63, 3.8) is 0 Å². The molecule has 1 atom stereocenters. The van der Waals surface area contributed by atoms with E-state index in [1.807, 2.05) is 0 Å². The fourth-order valence-corrected chi connectivity index (χ4v) is 2.78. The number of hydrogen-bond donors (Lipinski definition) is 2. The Labute approximate surface area is 121 Å². The Bertz CT molecular complexity index is 598. The molecule has 1 fully saturated rings. The molecule has 1 aromatic carbocycles. The second-order valence-corrected chi connectivity index (χ2v) is 5.85. The zero-order valence-electron chi connectivity index (χ0n) is 11.4. The number of hydrogen-bond acceptors (Lipinski definition) is 3. The zero-order valence-corrected chi connectivity index (χ0v) is 11.4. The highest BCUT2D eigenvalue weighted by atomic mass is 19.1. The Morgan fingerprint density at radius 3 is 2.86 bits per heavy atom. The van der Waals surface area contributed by atoms with Crippen molar-refractivity contribution in [2.45, 2.75) is 31.2 Å². The molecule has 2 aliphatic rings. The van der Waals surface area contributed by atoms with E-state index >= 15 is 0 Å². The normalized spacial score (nSPS) is 21.5. The second-order valence-electron chi connectivity index (χ2n) is 5.85. The summed E-state index contributed by atoms with van der Waals surface area (Å²) < 4.78 is 19.6. The van der Waals surface area contributed by atoms with Crippen LogP contribution in [0.1, 0.15) is 24.0 Å². The Hall–Kier alpha value is -2.11. The zero-order chi connectivity index (χ0) is 15.0. The van der Waals surface area contributed by atoms with Crippen LogP contribution >= 0.6 is 0 Å². The summed E-state index contributed by atoms with van der Waals surface area (Å²) in [5.74, 6) is -0.132. The largest absolute Gasteiger partial charge is 0.491 e. The lowest BCUT2D eigenvalue weighted by Gasteiger charge is -2.16. The van der Waals surface area contributed by atoms with Gasteiger partial charge in [-0.25, -0.2) is 9.18 Å². The molecule has 0 radical (unpaired) electrons. The number of aldehydes is 1. The summed E-state index contributed by atoms with van der Waals surface area (Å²) in [6, 6.07) is 3.06. The van der Waals surface area contributed by atoms with E-state index < -0.39 is 11.6 Å². The Kier molecular flexibility index (Phi) is 3.31. The van der Waals surface area contributed by atoms with Gasteiger partial charge in [-0.3, -0.25) is 0 Å². The number of nitrogens with one attached hydrogen (secondary N) is 1. The standard InChI is InChI=1S/C15H16FNO4/c16-13-6-11(5-10-3-9(7-18)4-12(10)13)21-8-15(1-2-15)17-14(19)20/h5-7,9,17H,1-4,8H2,(H,19,20). The van der Waals surface area contributed by atoms with E-state index in [0.29, 0.717) is 24.2 Å². The van der Waals surface area contributed by atoms with Gasteiger partial charge in [0, 0.05) is 12.0 Å². The van der Waals surface area contributed by atoms with Crippen molar-refractivity contribution in [3.05, 3.63) is 29.1 Å². The second kappa shape index (κ2) is 5.02. The maximum atomic E-state index is 14.0. The molecule has 0 heterocycles. The third-order valence-corrected chi connectivity index (χ3v) is 4.14. The molecule has 112 valence electrons. The van der Waals surface area contributed by atoms with Crippen molar-refractivity contribution >= 4 is 12.4 Å². The van der Waals surface area contributed by atoms with Crippen molar-refractivity contribution in [2.75, 3.05) is 6.61 Å². The molecule has 2 N–H and O–H groups in total. The molecule has 0 bridgehead atoms. The van der Waals surface area contributed by atoms with Crippen LogP contribution in [0.15, 0.2) is 12.1 Å². The third-order valence-electron chi connectivity index (χ3n) is 4.14. The number of halogens is 1. The molecular formula is C15H16FNO4. The number of fused-ring (bicyclic) bond motifs is 1. The molecule has 21 heavy (non-hydrogen) atoms. The van der Waals surface area contributed by atoms with Crippen LogP contribution in [0.25, 0.3) is 0 Å². The number of rotatable bonds is 5. The highest BCUT2D eigenvalue weighted by molar-refractivity contribution is 5.66. The van der Waals surface area contributed by atoms with Crippen LogP contribution in [-0.2, 0) is 17.6 Å². The average Bonchev–Trinajstić information content (AvgIpc) is 3.04. The Balaban J connectivity index is 1.69. The molecular weight excluding hydrogens is 277 g/mol. The fraction of sp³-hybridized carbons (Fsp3) is 0.467. The van der Waals surface area contributed by atoms with Gasteiger partial charge in [-0.05, 0) is 42.9 Å². The van der Waals surface area contributed by atoms with Crippen LogP contribution in [0, 0.1) is 11.7 Å². The van der Waals surface area contributed by atoms with E-state index in [-0.39, 0.29) is 18.3 Å². The first-order valence-corrected chi connectivity index (χ1v) is 6.92. The molecule has 0 aliphatic heterocycles. The summed E-state index contributed by atoms with van der Waals surface area (Å²) in [4.78, 5) is 21.5. The summed E-state index contributed by atoms with van der Waals surface area (Å²) >= 11 is 0. The van der Waals surface area contributed by atoms with Gasteiger partial charge >= 0.3 is 6.09 Å². The minimum atomic E-state index is -1.08. The van der Waals surface area contributed by atoms with Crippen molar-refractivity contribution in [1.29, 1.82) is 0 Å². The Morgan fingerprint density at radius 2 is 2.24 bits per heavy atom. The van der Waals surface area contributed by atoms with Gasteiger partial charge in [-0.15, -0.1) is 0 Å². The van der Waals surface area contributed by atoms with Gasteiger partial charge in [0.1, 0.15) is 24.5 Å². The summed E-state index contributed by atoms with van der Waals surface area (Å²) in [6.07, 6.45) is 2.20. The molecule has 3 rings (SSSR count). The number of carbonyl (C=O) groups excluding carboxylic acids is 1. The molecule has 6 heteroatoms. The van der Waals surface area contributed by atoms with Crippen LogP contribution in [0.2, 0.25) is 0 Å². The van der Waals surface area contributed by atoms with Gasteiger partial charge in [-0.2, -0.15) is 0 Å². The summed E-state index contributed by atoms with van der Waals surface area (Å²) in [5.41, 5.74) is 0.856. The van der Waals surface area contributed by atoms with Gasteiger partial charge in [0.05, 0.1) is 5.54 Å². The number of carbonyl (C=O) groups is 2. The molecule has 2 aliphatic carbocycles. The molecule has 1 unspecified atom stereocenters. The van der Waals surface area contributed by atoms with Gasteiger partial charge in [0.25, 0.3) is 0 Å². The van der Waals surface area contributed by atoms with E-state index in [1.54, 1.807) is 6.07 Å². The lowest BCUT2D eigenvalue weighted by molar-refractivity contribution is -0.110. The van der Waals surface area contributed by atoms with E-state index in [2.05, 4.69) is 5.32 Å². The van der Waals surface area contributed by atoms with Crippen LogP contribution in [0.3, 0.4) is 0 Å². The summed E-state index contributed by atoms with van der Waals surface area (Å²) in [5, 5.41) is 11.2. The SMILES string of the molecule is O=CC1Cc2cc(OCC3(NC(=O)O)CC3)cc(F)c2C1. The van der Waals surface area contributed by atoms with Crippen molar-refractivity contribution in [3.8, 4) is 5.75 Å². The number of benzene rings is 1. The molecule has 1 amide bonds. The van der Waals surface area contributed by atoms with Gasteiger partial charge in [0.15, 0.2) is 0 Å². The van der Waals surface area contributed by atoms with E-state index in [4.69, 9.17) is 9.84 Å². The number of ether oxygens (including phenoxy) is 1. The number of amides is 1. The van der Waals surface area contributed by atoms with E-state index in [0.717, 1.165) is 24.7 Å². The van der Waals surface area contributed by atoms with E-state index in [1.165, 1.54) is 6.07 Å². The minimum absolute atomic E-state index is 0.159. The minimum Gasteiger partial charge on any atom is -0.491 e.